The fourth-order valence-electron chi connectivity index (χ4n) is 3.85. The first kappa shape index (κ1) is 15.3. The van der Waals surface area contributed by atoms with Gasteiger partial charge in [-0.15, -0.1) is 0 Å². The summed E-state index contributed by atoms with van der Waals surface area (Å²) in [6, 6.07) is 2.29. The van der Waals surface area contributed by atoms with Gasteiger partial charge in [0.25, 0.3) is 0 Å². The van der Waals surface area contributed by atoms with E-state index in [0.29, 0.717) is 11.5 Å². The number of nitrogens with zero attached hydrogens (tertiary/aromatic N) is 1. The third-order valence-electron chi connectivity index (χ3n) is 5.04. The summed E-state index contributed by atoms with van der Waals surface area (Å²) in [5.41, 5.74) is 0.375. The van der Waals surface area contributed by atoms with E-state index < -0.39 is 0 Å². The summed E-state index contributed by atoms with van der Waals surface area (Å²) >= 11 is 0. The van der Waals surface area contributed by atoms with Crippen LogP contribution in [0.3, 0.4) is 0 Å². The Balaban J connectivity index is 2.04. The second kappa shape index (κ2) is 6.13. The summed E-state index contributed by atoms with van der Waals surface area (Å²) in [7, 11) is 0. The highest BCUT2D eigenvalue weighted by Crippen LogP contribution is 2.31. The largest absolute Gasteiger partial charge is 0.311 e. The van der Waals surface area contributed by atoms with E-state index in [1.807, 2.05) is 0 Å². The summed E-state index contributed by atoms with van der Waals surface area (Å²) < 4.78 is 0. The predicted molar refractivity (Wildman–Crippen MR) is 83.5 cm³/mol. The summed E-state index contributed by atoms with van der Waals surface area (Å²) in [5.74, 6) is 0.807. The molecule has 0 bridgehead atoms. The molecule has 0 aromatic rings. The Bertz CT molecular complexity index is 273. The Kier molecular flexibility index (Phi) is 4.94. The molecule has 2 heteroatoms. The fraction of sp³-hybridized carbons (Fsp3) is 1.00. The molecule has 2 aliphatic rings. The van der Waals surface area contributed by atoms with Crippen molar-refractivity contribution in [1.29, 1.82) is 0 Å². The van der Waals surface area contributed by atoms with E-state index in [0.717, 1.165) is 18.0 Å². The minimum absolute atomic E-state index is 0.375. The lowest BCUT2D eigenvalue weighted by Crippen LogP contribution is -2.62. The number of nitrogens with one attached hydrogen (secondary N) is 1. The second-order valence-electron chi connectivity index (χ2n) is 8.25. The molecule has 2 rings (SSSR count). The lowest BCUT2D eigenvalue weighted by atomic mass is 9.83. The molecule has 0 radical (unpaired) electrons. The first-order valence-corrected chi connectivity index (χ1v) is 8.37. The highest BCUT2D eigenvalue weighted by molar-refractivity contribution is 4.95. The number of rotatable bonds is 3. The van der Waals surface area contributed by atoms with E-state index in [2.05, 4.69) is 44.8 Å². The van der Waals surface area contributed by atoms with Gasteiger partial charge in [0.1, 0.15) is 0 Å². The zero-order valence-electron chi connectivity index (χ0n) is 13.7. The van der Waals surface area contributed by atoms with Crippen molar-refractivity contribution in [2.45, 2.75) is 84.8 Å². The monoisotopic (exact) mass is 266 g/mol. The van der Waals surface area contributed by atoms with Gasteiger partial charge in [0.05, 0.1) is 0 Å². The fourth-order valence-corrected chi connectivity index (χ4v) is 3.85. The Labute approximate surface area is 120 Å². The molecule has 2 atom stereocenters. The van der Waals surface area contributed by atoms with Crippen molar-refractivity contribution >= 4 is 0 Å². The molecule has 0 spiro atoms. The van der Waals surface area contributed by atoms with E-state index in [4.69, 9.17) is 0 Å². The Morgan fingerprint density at radius 1 is 1.16 bits per heavy atom. The van der Waals surface area contributed by atoms with Gasteiger partial charge in [-0.05, 0) is 30.6 Å². The number of piperazine rings is 1. The van der Waals surface area contributed by atoms with Crippen molar-refractivity contribution < 1.29 is 0 Å². The molecule has 2 nitrogen and oxygen atoms in total. The van der Waals surface area contributed by atoms with Crippen molar-refractivity contribution in [3.8, 4) is 0 Å². The van der Waals surface area contributed by atoms with Gasteiger partial charge in [-0.3, -0.25) is 4.90 Å². The maximum Gasteiger partial charge on any atom is 0.0244 e. The first-order valence-electron chi connectivity index (χ1n) is 8.37. The molecule has 2 unspecified atom stereocenters. The molecular formula is C17H34N2. The van der Waals surface area contributed by atoms with Crippen LogP contribution in [0.4, 0.5) is 0 Å². The van der Waals surface area contributed by atoms with Crippen LogP contribution in [0.1, 0.15) is 66.7 Å². The molecule has 0 aromatic heterocycles. The molecule has 1 saturated carbocycles. The van der Waals surface area contributed by atoms with E-state index in [-0.39, 0.29) is 0 Å². The van der Waals surface area contributed by atoms with Crippen molar-refractivity contribution in [1.82, 2.24) is 10.2 Å². The summed E-state index contributed by atoms with van der Waals surface area (Å²) in [4.78, 5) is 2.87. The predicted octanol–water partition coefficient (Wildman–Crippen LogP) is 3.66. The van der Waals surface area contributed by atoms with Crippen molar-refractivity contribution in [3.05, 3.63) is 0 Å². The van der Waals surface area contributed by atoms with Gasteiger partial charge in [0.2, 0.25) is 0 Å². The molecule has 1 saturated heterocycles. The van der Waals surface area contributed by atoms with Crippen LogP contribution >= 0.6 is 0 Å². The molecule has 1 aliphatic carbocycles. The van der Waals surface area contributed by atoms with Gasteiger partial charge in [-0.25, -0.2) is 0 Å². The van der Waals surface area contributed by atoms with Crippen molar-refractivity contribution in [2.24, 2.45) is 11.3 Å². The van der Waals surface area contributed by atoms with Crippen LogP contribution in [0.25, 0.3) is 0 Å². The van der Waals surface area contributed by atoms with Crippen LogP contribution in [0.15, 0.2) is 0 Å². The lowest BCUT2D eigenvalue weighted by Gasteiger charge is -2.48. The van der Waals surface area contributed by atoms with Crippen LogP contribution in [-0.2, 0) is 0 Å². The van der Waals surface area contributed by atoms with Crippen LogP contribution in [0.5, 0.6) is 0 Å². The Hall–Kier alpha value is -0.0800. The van der Waals surface area contributed by atoms with Crippen LogP contribution < -0.4 is 5.32 Å². The molecule has 1 aliphatic heterocycles. The summed E-state index contributed by atoms with van der Waals surface area (Å²) in [6.07, 6.45) is 7.11. The third kappa shape index (κ3) is 3.95. The maximum absolute atomic E-state index is 3.83. The minimum atomic E-state index is 0.375. The Morgan fingerprint density at radius 3 is 2.32 bits per heavy atom. The van der Waals surface area contributed by atoms with E-state index >= 15 is 0 Å². The van der Waals surface area contributed by atoms with Crippen molar-refractivity contribution in [2.75, 3.05) is 13.1 Å². The SMILES string of the molecule is CC(C)CC1CNC(C(C)(C)C)CN1C1CCCC1. The van der Waals surface area contributed by atoms with Gasteiger partial charge >= 0.3 is 0 Å². The maximum atomic E-state index is 3.83. The molecule has 2 fully saturated rings. The van der Waals surface area contributed by atoms with Crippen LogP contribution in [-0.4, -0.2) is 36.1 Å². The molecular weight excluding hydrogens is 232 g/mol. The first-order chi connectivity index (χ1) is 8.88. The number of hydrogen-bond donors (Lipinski definition) is 1. The van der Waals surface area contributed by atoms with Gasteiger partial charge < -0.3 is 5.32 Å². The third-order valence-corrected chi connectivity index (χ3v) is 5.04. The molecule has 1 N–H and O–H groups in total. The van der Waals surface area contributed by atoms with Crippen LogP contribution in [0.2, 0.25) is 0 Å². The normalized spacial score (nSPS) is 31.3. The van der Waals surface area contributed by atoms with E-state index in [9.17, 15) is 0 Å². The zero-order valence-corrected chi connectivity index (χ0v) is 13.7. The van der Waals surface area contributed by atoms with Gasteiger partial charge in [0, 0.05) is 31.2 Å². The molecule has 1 heterocycles. The molecule has 19 heavy (non-hydrogen) atoms. The highest BCUT2D eigenvalue weighted by atomic mass is 15.3. The molecule has 112 valence electrons. The average Bonchev–Trinajstić information content (AvgIpc) is 2.80. The summed E-state index contributed by atoms with van der Waals surface area (Å²) in [6.45, 7) is 14.3. The number of hydrogen-bond acceptors (Lipinski definition) is 2. The smallest absolute Gasteiger partial charge is 0.0244 e. The van der Waals surface area contributed by atoms with E-state index in [1.165, 1.54) is 45.2 Å². The Morgan fingerprint density at radius 2 is 1.79 bits per heavy atom. The quantitative estimate of drug-likeness (QED) is 0.838. The topological polar surface area (TPSA) is 15.3 Å². The highest BCUT2D eigenvalue weighted by Gasteiger charge is 2.37. The molecule has 0 aromatic carbocycles. The lowest BCUT2D eigenvalue weighted by molar-refractivity contribution is 0.0421. The van der Waals surface area contributed by atoms with Gasteiger partial charge in [-0.2, -0.15) is 0 Å². The minimum Gasteiger partial charge on any atom is -0.311 e. The van der Waals surface area contributed by atoms with Crippen LogP contribution in [0, 0.1) is 11.3 Å². The zero-order chi connectivity index (χ0) is 14.0. The summed E-state index contributed by atoms with van der Waals surface area (Å²) in [5, 5.41) is 3.83. The molecule has 0 amide bonds. The second-order valence-corrected chi connectivity index (χ2v) is 8.25. The van der Waals surface area contributed by atoms with E-state index in [1.54, 1.807) is 0 Å². The standard InChI is InChI=1S/C17H34N2/c1-13(2)10-15-11-18-16(17(3,4)5)12-19(15)14-8-6-7-9-14/h13-16,18H,6-12H2,1-5H3. The van der Waals surface area contributed by atoms with Crippen molar-refractivity contribution in [3.63, 3.8) is 0 Å². The average molecular weight is 266 g/mol. The van der Waals surface area contributed by atoms with Gasteiger partial charge in [0.15, 0.2) is 0 Å². The van der Waals surface area contributed by atoms with Gasteiger partial charge in [-0.1, -0.05) is 47.5 Å².